The van der Waals surface area contributed by atoms with Crippen molar-refractivity contribution >= 4 is 5.69 Å². The number of halogens is 1. The molecule has 20 heavy (non-hydrogen) atoms. The zero-order chi connectivity index (χ0) is 14.5. The Hall–Kier alpha value is -2.27. The first-order chi connectivity index (χ1) is 9.61. The van der Waals surface area contributed by atoms with Crippen LogP contribution in [0.25, 0.3) is 11.1 Å². The van der Waals surface area contributed by atoms with E-state index in [9.17, 15) is 14.5 Å². The van der Waals surface area contributed by atoms with Crippen LogP contribution in [0.1, 0.15) is 12.5 Å². The maximum absolute atomic E-state index is 13.7. The Labute approximate surface area is 116 Å². The van der Waals surface area contributed by atoms with Gasteiger partial charge in [0.05, 0.1) is 4.92 Å². The van der Waals surface area contributed by atoms with Crippen molar-refractivity contribution in [1.82, 2.24) is 5.32 Å². The number of nitro groups is 1. The average Bonchev–Trinajstić information content (AvgIpc) is 2.46. The summed E-state index contributed by atoms with van der Waals surface area (Å²) in [7, 11) is 0. The molecule has 2 rings (SSSR count). The Balaban J connectivity index is 2.37. The molecular weight excluding hydrogens is 259 g/mol. The molecule has 0 unspecified atom stereocenters. The third-order valence-corrected chi connectivity index (χ3v) is 3.00. The highest BCUT2D eigenvalue weighted by atomic mass is 19.1. The molecule has 0 spiro atoms. The summed E-state index contributed by atoms with van der Waals surface area (Å²) < 4.78 is 13.7. The van der Waals surface area contributed by atoms with Crippen LogP contribution in [0.5, 0.6) is 0 Å². The summed E-state index contributed by atoms with van der Waals surface area (Å²) in [6.45, 7) is 3.13. The second-order valence-electron chi connectivity index (χ2n) is 4.39. The summed E-state index contributed by atoms with van der Waals surface area (Å²) >= 11 is 0. The second-order valence-corrected chi connectivity index (χ2v) is 4.39. The summed E-state index contributed by atoms with van der Waals surface area (Å²) in [4.78, 5) is 10.3. The van der Waals surface area contributed by atoms with Crippen LogP contribution in [-0.4, -0.2) is 11.5 Å². The first-order valence-electron chi connectivity index (χ1n) is 6.35. The topological polar surface area (TPSA) is 55.2 Å². The van der Waals surface area contributed by atoms with E-state index in [1.807, 2.05) is 6.92 Å². The summed E-state index contributed by atoms with van der Waals surface area (Å²) in [6, 6.07) is 11.1. The van der Waals surface area contributed by atoms with Crippen molar-refractivity contribution in [3.63, 3.8) is 0 Å². The van der Waals surface area contributed by atoms with Gasteiger partial charge in [-0.2, -0.15) is 0 Å². The van der Waals surface area contributed by atoms with Crippen LogP contribution in [0.15, 0.2) is 42.5 Å². The lowest BCUT2D eigenvalue weighted by atomic mass is 10.0. The van der Waals surface area contributed by atoms with Gasteiger partial charge < -0.3 is 5.32 Å². The predicted molar refractivity (Wildman–Crippen MR) is 75.9 cm³/mol. The van der Waals surface area contributed by atoms with E-state index in [1.54, 1.807) is 24.3 Å². The van der Waals surface area contributed by atoms with Crippen LogP contribution in [0.3, 0.4) is 0 Å². The zero-order valence-electron chi connectivity index (χ0n) is 11.1. The average molecular weight is 274 g/mol. The molecule has 0 aliphatic carbocycles. The van der Waals surface area contributed by atoms with Gasteiger partial charge in [-0.15, -0.1) is 0 Å². The smallest absolute Gasteiger partial charge is 0.270 e. The molecule has 0 fully saturated rings. The van der Waals surface area contributed by atoms with E-state index in [0.717, 1.165) is 12.1 Å². The largest absolute Gasteiger partial charge is 0.313 e. The fourth-order valence-electron chi connectivity index (χ4n) is 1.95. The Morgan fingerprint density at radius 1 is 1.20 bits per heavy atom. The number of nitro benzene ring substituents is 1. The second kappa shape index (κ2) is 6.25. The number of nitrogens with zero attached hydrogens (tertiary/aromatic N) is 1. The first-order valence-corrected chi connectivity index (χ1v) is 6.35. The monoisotopic (exact) mass is 274 g/mol. The predicted octanol–water partition coefficient (Wildman–Crippen LogP) is 3.51. The lowest BCUT2D eigenvalue weighted by molar-refractivity contribution is -0.384. The number of non-ortho nitro benzene ring substituents is 1. The minimum absolute atomic E-state index is 0.0278. The van der Waals surface area contributed by atoms with E-state index in [0.29, 0.717) is 17.7 Å². The molecule has 0 heterocycles. The SMILES string of the molecule is CCNCc1cc(-c2cccc([N+](=O)[O-])c2)ccc1F. The molecule has 0 radical (unpaired) electrons. The van der Waals surface area contributed by atoms with Crippen molar-refractivity contribution in [3.8, 4) is 11.1 Å². The molecule has 0 saturated carbocycles. The Kier molecular flexibility index (Phi) is 4.42. The number of hydrogen-bond donors (Lipinski definition) is 1. The van der Waals surface area contributed by atoms with E-state index < -0.39 is 4.92 Å². The van der Waals surface area contributed by atoms with Crippen molar-refractivity contribution < 1.29 is 9.31 Å². The van der Waals surface area contributed by atoms with Crippen LogP contribution in [0, 0.1) is 15.9 Å². The van der Waals surface area contributed by atoms with Crippen molar-refractivity contribution in [3.05, 3.63) is 64.0 Å². The summed E-state index contributed by atoms with van der Waals surface area (Å²) in [5, 5.41) is 13.8. The molecule has 0 atom stereocenters. The molecule has 1 N–H and O–H groups in total. The van der Waals surface area contributed by atoms with Gasteiger partial charge in [0.25, 0.3) is 5.69 Å². The van der Waals surface area contributed by atoms with Gasteiger partial charge >= 0.3 is 0 Å². The van der Waals surface area contributed by atoms with Crippen LogP contribution in [0.4, 0.5) is 10.1 Å². The number of rotatable bonds is 5. The molecule has 2 aromatic rings. The van der Waals surface area contributed by atoms with Crippen LogP contribution in [0.2, 0.25) is 0 Å². The number of nitrogens with one attached hydrogen (secondary N) is 1. The van der Waals surface area contributed by atoms with E-state index >= 15 is 0 Å². The van der Waals surface area contributed by atoms with Crippen molar-refractivity contribution in [2.75, 3.05) is 6.54 Å². The Morgan fingerprint density at radius 2 is 1.95 bits per heavy atom. The molecular formula is C15H15FN2O2. The van der Waals surface area contributed by atoms with E-state index in [-0.39, 0.29) is 11.5 Å². The third kappa shape index (κ3) is 3.19. The molecule has 104 valence electrons. The molecule has 0 aromatic heterocycles. The van der Waals surface area contributed by atoms with Crippen molar-refractivity contribution in [2.24, 2.45) is 0 Å². The van der Waals surface area contributed by atoms with E-state index in [2.05, 4.69) is 5.32 Å². The fourth-order valence-corrected chi connectivity index (χ4v) is 1.95. The van der Waals surface area contributed by atoms with Gasteiger partial charge in [-0.05, 0) is 29.8 Å². The maximum Gasteiger partial charge on any atom is 0.270 e. The van der Waals surface area contributed by atoms with E-state index in [1.165, 1.54) is 18.2 Å². The highest BCUT2D eigenvalue weighted by Crippen LogP contribution is 2.25. The normalized spacial score (nSPS) is 10.5. The highest BCUT2D eigenvalue weighted by molar-refractivity contribution is 5.66. The van der Waals surface area contributed by atoms with Gasteiger partial charge in [0, 0.05) is 24.2 Å². The lowest BCUT2D eigenvalue weighted by Crippen LogP contribution is -2.12. The van der Waals surface area contributed by atoms with E-state index in [4.69, 9.17) is 0 Å². The molecule has 0 amide bonds. The first kappa shape index (κ1) is 14.1. The van der Waals surface area contributed by atoms with Crippen LogP contribution in [-0.2, 0) is 6.54 Å². The van der Waals surface area contributed by atoms with Crippen LogP contribution < -0.4 is 5.32 Å². The molecule has 0 aliphatic heterocycles. The van der Waals surface area contributed by atoms with Crippen LogP contribution >= 0.6 is 0 Å². The Morgan fingerprint density at radius 3 is 2.65 bits per heavy atom. The molecule has 4 nitrogen and oxygen atoms in total. The Bertz CT molecular complexity index is 629. The van der Waals surface area contributed by atoms with Gasteiger partial charge in [0.1, 0.15) is 5.82 Å². The standard InChI is InChI=1S/C15H15FN2O2/c1-2-17-10-13-8-12(6-7-15(13)16)11-4-3-5-14(9-11)18(19)20/h3-9,17H,2,10H2,1H3. The maximum atomic E-state index is 13.7. The molecule has 2 aromatic carbocycles. The van der Waals surface area contributed by atoms with Gasteiger partial charge in [-0.1, -0.05) is 25.1 Å². The molecule has 0 saturated heterocycles. The van der Waals surface area contributed by atoms with Crippen molar-refractivity contribution in [2.45, 2.75) is 13.5 Å². The number of hydrogen-bond acceptors (Lipinski definition) is 3. The molecule has 0 bridgehead atoms. The molecule has 5 heteroatoms. The highest BCUT2D eigenvalue weighted by Gasteiger charge is 2.09. The van der Waals surface area contributed by atoms with Gasteiger partial charge in [-0.25, -0.2) is 4.39 Å². The van der Waals surface area contributed by atoms with Gasteiger partial charge in [-0.3, -0.25) is 10.1 Å². The summed E-state index contributed by atoms with van der Waals surface area (Å²) in [5.41, 5.74) is 2.05. The number of benzene rings is 2. The van der Waals surface area contributed by atoms with Crippen molar-refractivity contribution in [1.29, 1.82) is 0 Å². The molecule has 0 aliphatic rings. The zero-order valence-corrected chi connectivity index (χ0v) is 11.1. The minimum Gasteiger partial charge on any atom is -0.313 e. The third-order valence-electron chi connectivity index (χ3n) is 3.00. The van der Waals surface area contributed by atoms with Gasteiger partial charge in [0.15, 0.2) is 0 Å². The summed E-state index contributed by atoms with van der Waals surface area (Å²) in [6.07, 6.45) is 0. The quantitative estimate of drug-likeness (QED) is 0.670. The lowest BCUT2D eigenvalue weighted by Gasteiger charge is -2.07. The fraction of sp³-hybridized carbons (Fsp3) is 0.200. The minimum atomic E-state index is -0.438. The summed E-state index contributed by atoms with van der Waals surface area (Å²) in [5.74, 6) is -0.278. The van der Waals surface area contributed by atoms with Gasteiger partial charge in [0.2, 0.25) is 0 Å².